The molecule has 0 amide bonds. The lowest BCUT2D eigenvalue weighted by Gasteiger charge is -2.29. The number of esters is 2. The Morgan fingerprint density at radius 1 is 1.38 bits per heavy atom. The molecule has 0 bridgehead atoms. The molecule has 1 fully saturated rings. The third-order valence-electron chi connectivity index (χ3n) is 5.32. The van der Waals surface area contributed by atoms with Crippen LogP contribution in [0.2, 0.25) is 0 Å². The van der Waals surface area contributed by atoms with Gasteiger partial charge in [-0.15, -0.1) is 11.6 Å². The molecule has 6 heteroatoms. The highest BCUT2D eigenvalue weighted by Crippen LogP contribution is 2.48. The van der Waals surface area contributed by atoms with Crippen LogP contribution in [0.4, 0.5) is 0 Å². The summed E-state index contributed by atoms with van der Waals surface area (Å²) in [7, 11) is 0. The van der Waals surface area contributed by atoms with Crippen LogP contribution in [0.15, 0.2) is 22.8 Å². The largest absolute Gasteiger partial charge is 0.461 e. The zero-order valence-corrected chi connectivity index (χ0v) is 14.9. The number of ether oxygens (including phenoxy) is 2. The number of rotatable bonds is 2. The summed E-state index contributed by atoms with van der Waals surface area (Å²) in [6.07, 6.45) is 1.02. The molecule has 6 atom stereocenters. The first kappa shape index (κ1) is 17.2. The van der Waals surface area contributed by atoms with Crippen LogP contribution in [0.1, 0.15) is 34.1 Å². The first-order valence-electron chi connectivity index (χ1n) is 8.19. The fraction of sp³-hybridized carbons (Fsp3) is 0.611. The van der Waals surface area contributed by atoms with Crippen LogP contribution >= 0.6 is 11.6 Å². The molecule has 24 heavy (non-hydrogen) atoms. The highest BCUT2D eigenvalue weighted by molar-refractivity contribution is 6.29. The van der Waals surface area contributed by atoms with E-state index < -0.39 is 29.5 Å². The molecule has 2 aliphatic carbocycles. The van der Waals surface area contributed by atoms with E-state index in [1.807, 2.05) is 13.8 Å². The van der Waals surface area contributed by atoms with E-state index in [2.05, 4.69) is 0 Å². The lowest BCUT2D eigenvalue weighted by atomic mass is 9.79. The Hall–Kier alpha value is -1.62. The minimum Gasteiger partial charge on any atom is -0.461 e. The minimum absolute atomic E-state index is 0.0398. The van der Waals surface area contributed by atoms with Gasteiger partial charge >= 0.3 is 11.9 Å². The van der Waals surface area contributed by atoms with Gasteiger partial charge < -0.3 is 9.47 Å². The number of hydrogen-bond acceptors (Lipinski definition) is 5. The van der Waals surface area contributed by atoms with E-state index in [-0.39, 0.29) is 23.6 Å². The van der Waals surface area contributed by atoms with Gasteiger partial charge in [-0.3, -0.25) is 14.4 Å². The number of ketones is 1. The predicted octanol–water partition coefficient (Wildman–Crippen LogP) is 2.57. The highest BCUT2D eigenvalue weighted by Gasteiger charge is 2.55. The van der Waals surface area contributed by atoms with E-state index >= 15 is 0 Å². The van der Waals surface area contributed by atoms with Crippen molar-refractivity contribution in [2.45, 2.75) is 51.7 Å². The summed E-state index contributed by atoms with van der Waals surface area (Å²) in [6, 6.07) is 0. The zero-order valence-electron chi connectivity index (χ0n) is 14.2. The standard InChI is InChI=1S/C18H21ClO5/c1-7-5-11(20)13-8(2)6-12(23-18(22)10(4)19)15-9(3)17(21)24-16(15)14(7)13/h5,9-10,12,14-16H,6H2,1-4H3/t9-,10-,12-,14-,15+,16+/m0/s1. The maximum absolute atomic E-state index is 12.4. The fourth-order valence-electron chi connectivity index (χ4n) is 4.15. The number of hydrogen-bond donors (Lipinski definition) is 0. The van der Waals surface area contributed by atoms with Crippen molar-refractivity contribution < 1.29 is 23.9 Å². The maximum atomic E-state index is 12.4. The Kier molecular flexibility index (Phi) is 4.32. The second-order valence-electron chi connectivity index (χ2n) is 6.99. The number of carbonyl (C=O) groups is 3. The lowest BCUT2D eigenvalue weighted by molar-refractivity contribution is -0.152. The monoisotopic (exact) mass is 352 g/mol. The molecule has 5 nitrogen and oxygen atoms in total. The first-order chi connectivity index (χ1) is 11.2. The molecule has 0 unspecified atom stereocenters. The van der Waals surface area contributed by atoms with Gasteiger partial charge in [0.15, 0.2) is 5.78 Å². The van der Waals surface area contributed by atoms with Gasteiger partial charge in [0.05, 0.1) is 5.92 Å². The molecule has 0 saturated carbocycles. The normalized spacial score (nSPS) is 36.5. The Balaban J connectivity index is 2.03. The smallest absolute Gasteiger partial charge is 0.324 e. The topological polar surface area (TPSA) is 69.7 Å². The van der Waals surface area contributed by atoms with E-state index in [4.69, 9.17) is 21.1 Å². The highest BCUT2D eigenvalue weighted by atomic mass is 35.5. The molecular weight excluding hydrogens is 332 g/mol. The Bertz CT molecular complexity index is 675. The molecule has 1 aliphatic heterocycles. The van der Waals surface area contributed by atoms with E-state index in [9.17, 15) is 14.4 Å². The van der Waals surface area contributed by atoms with E-state index in [1.165, 1.54) is 0 Å². The van der Waals surface area contributed by atoms with Crippen molar-refractivity contribution in [1.29, 1.82) is 0 Å². The number of allylic oxidation sites excluding steroid dienone is 1. The summed E-state index contributed by atoms with van der Waals surface area (Å²) < 4.78 is 11.2. The molecular formula is C18H21ClO5. The average Bonchev–Trinajstić information content (AvgIpc) is 2.89. The average molecular weight is 353 g/mol. The summed E-state index contributed by atoms with van der Waals surface area (Å²) in [5, 5.41) is -0.768. The molecule has 0 aromatic heterocycles. The van der Waals surface area contributed by atoms with Crippen LogP contribution in [0.25, 0.3) is 0 Å². The molecule has 3 aliphatic rings. The van der Waals surface area contributed by atoms with Gasteiger partial charge in [-0.05, 0) is 26.8 Å². The second kappa shape index (κ2) is 6.03. The Morgan fingerprint density at radius 3 is 2.67 bits per heavy atom. The summed E-state index contributed by atoms with van der Waals surface area (Å²) in [4.78, 5) is 36.5. The zero-order chi connectivity index (χ0) is 17.8. The number of alkyl halides is 1. The number of carbonyl (C=O) groups excluding carboxylic acids is 3. The summed E-state index contributed by atoms with van der Waals surface area (Å²) in [5.74, 6) is -1.79. The minimum atomic E-state index is -0.768. The van der Waals surface area contributed by atoms with Crippen LogP contribution in [-0.2, 0) is 23.9 Å². The number of fused-ring (bicyclic) bond motifs is 3. The van der Waals surface area contributed by atoms with E-state index in [0.29, 0.717) is 12.0 Å². The molecule has 0 spiro atoms. The fourth-order valence-corrected chi connectivity index (χ4v) is 4.20. The van der Waals surface area contributed by atoms with Gasteiger partial charge in [-0.1, -0.05) is 18.1 Å². The molecule has 0 aromatic carbocycles. The van der Waals surface area contributed by atoms with Crippen molar-refractivity contribution in [3.8, 4) is 0 Å². The van der Waals surface area contributed by atoms with Crippen molar-refractivity contribution in [3.63, 3.8) is 0 Å². The van der Waals surface area contributed by atoms with Crippen LogP contribution < -0.4 is 0 Å². The van der Waals surface area contributed by atoms with Gasteiger partial charge in [0.25, 0.3) is 0 Å². The van der Waals surface area contributed by atoms with Crippen LogP contribution in [0.3, 0.4) is 0 Å². The van der Waals surface area contributed by atoms with Gasteiger partial charge in [0.1, 0.15) is 17.6 Å². The maximum Gasteiger partial charge on any atom is 0.324 e. The summed E-state index contributed by atoms with van der Waals surface area (Å²) in [6.45, 7) is 7.09. The lowest BCUT2D eigenvalue weighted by Crippen LogP contribution is -2.38. The quantitative estimate of drug-likeness (QED) is 0.564. The van der Waals surface area contributed by atoms with Crippen molar-refractivity contribution in [2.24, 2.45) is 17.8 Å². The summed E-state index contributed by atoms with van der Waals surface area (Å²) >= 11 is 5.83. The molecule has 130 valence electrons. The molecule has 0 N–H and O–H groups in total. The second-order valence-corrected chi connectivity index (χ2v) is 7.64. The Morgan fingerprint density at radius 2 is 2.04 bits per heavy atom. The van der Waals surface area contributed by atoms with Crippen molar-refractivity contribution in [3.05, 3.63) is 22.8 Å². The van der Waals surface area contributed by atoms with Crippen molar-refractivity contribution in [1.82, 2.24) is 0 Å². The summed E-state index contributed by atoms with van der Waals surface area (Å²) in [5.41, 5.74) is 2.46. The number of halogens is 1. The SMILES string of the molecule is CC1=CC(=O)C2=C(C)C[C@H](OC(=O)[C@H](C)Cl)[C@@H]3[C@H](OC(=O)[C@H]3C)[C@@H]12. The Labute approximate surface area is 146 Å². The van der Waals surface area contributed by atoms with Crippen LogP contribution in [-0.4, -0.2) is 35.3 Å². The third kappa shape index (κ3) is 2.59. The first-order valence-corrected chi connectivity index (χ1v) is 8.63. The van der Waals surface area contributed by atoms with Gasteiger partial charge in [-0.2, -0.15) is 0 Å². The van der Waals surface area contributed by atoms with Gasteiger partial charge in [0, 0.05) is 23.8 Å². The molecule has 0 aromatic rings. The molecule has 3 rings (SSSR count). The van der Waals surface area contributed by atoms with Crippen LogP contribution in [0.5, 0.6) is 0 Å². The van der Waals surface area contributed by atoms with Crippen molar-refractivity contribution in [2.75, 3.05) is 0 Å². The predicted molar refractivity (Wildman–Crippen MR) is 87.3 cm³/mol. The van der Waals surface area contributed by atoms with E-state index in [0.717, 1.165) is 11.1 Å². The third-order valence-corrected chi connectivity index (χ3v) is 5.50. The van der Waals surface area contributed by atoms with E-state index in [1.54, 1.807) is 19.9 Å². The van der Waals surface area contributed by atoms with Gasteiger partial charge in [-0.25, -0.2) is 0 Å². The molecule has 1 heterocycles. The van der Waals surface area contributed by atoms with Crippen LogP contribution in [0, 0.1) is 17.8 Å². The van der Waals surface area contributed by atoms with Gasteiger partial charge in [0.2, 0.25) is 0 Å². The van der Waals surface area contributed by atoms with Crippen molar-refractivity contribution >= 4 is 29.3 Å². The molecule has 1 saturated heterocycles. The molecule has 0 radical (unpaired) electrons.